The summed E-state index contributed by atoms with van der Waals surface area (Å²) in [6.45, 7) is 7.13. The van der Waals surface area contributed by atoms with Gasteiger partial charge in [0.05, 0.1) is 18.3 Å². The Balaban J connectivity index is 1.69. The molecule has 128 valence electrons. The molecule has 1 aliphatic heterocycles. The predicted molar refractivity (Wildman–Crippen MR) is 90.3 cm³/mol. The lowest BCUT2D eigenvalue weighted by atomic mass is 9.91. The van der Waals surface area contributed by atoms with Crippen molar-refractivity contribution in [1.82, 2.24) is 20.2 Å². The summed E-state index contributed by atoms with van der Waals surface area (Å²) in [7, 11) is 0. The fraction of sp³-hybridized carbons (Fsp3) is 0.500. The average Bonchev–Trinajstić information content (AvgIpc) is 2.99. The van der Waals surface area contributed by atoms with Crippen molar-refractivity contribution in [2.75, 3.05) is 6.54 Å². The van der Waals surface area contributed by atoms with E-state index in [9.17, 15) is 4.79 Å². The summed E-state index contributed by atoms with van der Waals surface area (Å²) >= 11 is 0. The minimum atomic E-state index is -0.0720. The monoisotopic (exact) mass is 328 g/mol. The van der Waals surface area contributed by atoms with E-state index >= 15 is 0 Å². The lowest BCUT2D eigenvalue weighted by molar-refractivity contribution is 0.119. The molecule has 2 aromatic heterocycles. The SMILES string of the molecule is Cc1nccc(CNC(=O)N2CC[C@@H](C)C[C@@H]2c2ccc(C)o2)n1. The van der Waals surface area contributed by atoms with E-state index in [0.29, 0.717) is 18.3 Å². The van der Waals surface area contributed by atoms with Gasteiger partial charge in [-0.3, -0.25) is 0 Å². The third-order valence-corrected chi connectivity index (χ3v) is 4.47. The van der Waals surface area contributed by atoms with Crippen molar-refractivity contribution in [3.05, 3.63) is 47.4 Å². The van der Waals surface area contributed by atoms with Crippen LogP contribution >= 0.6 is 0 Å². The number of carbonyl (C=O) groups is 1. The van der Waals surface area contributed by atoms with Gasteiger partial charge >= 0.3 is 6.03 Å². The highest BCUT2D eigenvalue weighted by Gasteiger charge is 2.32. The highest BCUT2D eigenvalue weighted by molar-refractivity contribution is 5.74. The highest BCUT2D eigenvalue weighted by atomic mass is 16.3. The molecule has 2 atom stereocenters. The van der Waals surface area contributed by atoms with Gasteiger partial charge < -0.3 is 14.6 Å². The molecule has 1 aliphatic rings. The van der Waals surface area contributed by atoms with E-state index in [4.69, 9.17) is 4.42 Å². The Kier molecular flexibility index (Phi) is 4.83. The maximum atomic E-state index is 12.7. The Morgan fingerprint density at radius 2 is 2.21 bits per heavy atom. The molecule has 24 heavy (non-hydrogen) atoms. The topological polar surface area (TPSA) is 71.3 Å². The average molecular weight is 328 g/mol. The predicted octanol–water partition coefficient (Wildman–Crippen LogP) is 3.37. The summed E-state index contributed by atoms with van der Waals surface area (Å²) in [6, 6.07) is 5.67. The first-order valence-electron chi connectivity index (χ1n) is 8.42. The number of likely N-dealkylation sites (tertiary alicyclic amines) is 1. The van der Waals surface area contributed by atoms with Gasteiger partial charge in [0.15, 0.2) is 0 Å². The van der Waals surface area contributed by atoms with Gasteiger partial charge in [0.25, 0.3) is 0 Å². The number of hydrogen-bond acceptors (Lipinski definition) is 4. The zero-order valence-electron chi connectivity index (χ0n) is 14.5. The number of nitrogens with zero attached hydrogens (tertiary/aromatic N) is 3. The second-order valence-corrected chi connectivity index (χ2v) is 6.54. The van der Waals surface area contributed by atoms with Crippen LogP contribution in [-0.4, -0.2) is 27.4 Å². The van der Waals surface area contributed by atoms with Crippen LogP contribution in [0.15, 0.2) is 28.8 Å². The Morgan fingerprint density at radius 3 is 2.92 bits per heavy atom. The molecule has 3 rings (SSSR count). The second-order valence-electron chi connectivity index (χ2n) is 6.54. The van der Waals surface area contributed by atoms with E-state index in [1.807, 2.05) is 36.9 Å². The third kappa shape index (κ3) is 3.75. The van der Waals surface area contributed by atoms with Crippen molar-refractivity contribution in [3.8, 4) is 0 Å². The molecule has 6 nitrogen and oxygen atoms in total. The molecule has 0 aromatic carbocycles. The largest absolute Gasteiger partial charge is 0.464 e. The van der Waals surface area contributed by atoms with Crippen LogP contribution in [0.1, 0.15) is 48.8 Å². The van der Waals surface area contributed by atoms with Crippen molar-refractivity contribution in [2.45, 2.75) is 46.2 Å². The van der Waals surface area contributed by atoms with Gasteiger partial charge in [-0.15, -0.1) is 0 Å². The normalized spacial score (nSPS) is 20.9. The second kappa shape index (κ2) is 7.03. The number of urea groups is 1. The van der Waals surface area contributed by atoms with Gasteiger partial charge in [-0.1, -0.05) is 6.92 Å². The lowest BCUT2D eigenvalue weighted by Crippen LogP contribution is -2.45. The summed E-state index contributed by atoms with van der Waals surface area (Å²) in [5.41, 5.74) is 0.812. The lowest BCUT2D eigenvalue weighted by Gasteiger charge is -2.37. The van der Waals surface area contributed by atoms with E-state index in [1.165, 1.54) is 0 Å². The summed E-state index contributed by atoms with van der Waals surface area (Å²) in [4.78, 5) is 23.0. The van der Waals surface area contributed by atoms with Crippen molar-refractivity contribution in [3.63, 3.8) is 0 Å². The summed E-state index contributed by atoms with van der Waals surface area (Å²) in [5.74, 6) is 3.03. The molecule has 0 aliphatic carbocycles. The van der Waals surface area contributed by atoms with E-state index < -0.39 is 0 Å². The number of rotatable bonds is 3. The zero-order valence-corrected chi connectivity index (χ0v) is 14.5. The van der Waals surface area contributed by atoms with Crippen LogP contribution in [0.25, 0.3) is 0 Å². The van der Waals surface area contributed by atoms with Crippen molar-refractivity contribution in [1.29, 1.82) is 0 Å². The Labute approximate surface area is 142 Å². The maximum Gasteiger partial charge on any atom is 0.318 e. The van der Waals surface area contributed by atoms with Gasteiger partial charge in [0, 0.05) is 12.7 Å². The molecule has 1 saturated heterocycles. The van der Waals surface area contributed by atoms with Crippen LogP contribution in [0.4, 0.5) is 4.79 Å². The minimum Gasteiger partial charge on any atom is -0.464 e. The smallest absolute Gasteiger partial charge is 0.318 e. The Morgan fingerprint density at radius 1 is 1.38 bits per heavy atom. The fourth-order valence-corrected chi connectivity index (χ4v) is 3.16. The van der Waals surface area contributed by atoms with Gasteiger partial charge in [-0.2, -0.15) is 0 Å². The number of amides is 2. The number of carbonyl (C=O) groups excluding carboxylic acids is 1. The van der Waals surface area contributed by atoms with Crippen molar-refractivity contribution < 1.29 is 9.21 Å². The Hall–Kier alpha value is -2.37. The quantitative estimate of drug-likeness (QED) is 0.937. The van der Waals surface area contributed by atoms with Crippen LogP contribution in [0.2, 0.25) is 0 Å². The van der Waals surface area contributed by atoms with Crippen LogP contribution < -0.4 is 5.32 Å². The summed E-state index contributed by atoms with van der Waals surface area (Å²) in [6.07, 6.45) is 3.64. The van der Waals surface area contributed by atoms with E-state index in [1.54, 1.807) is 6.20 Å². The molecule has 3 heterocycles. The minimum absolute atomic E-state index is 0.00501. The van der Waals surface area contributed by atoms with Crippen molar-refractivity contribution in [2.24, 2.45) is 5.92 Å². The van der Waals surface area contributed by atoms with Crippen LogP contribution in [0.3, 0.4) is 0 Å². The molecule has 0 saturated carbocycles. The van der Waals surface area contributed by atoms with Crippen LogP contribution in [0.5, 0.6) is 0 Å². The number of hydrogen-bond donors (Lipinski definition) is 1. The van der Waals surface area contributed by atoms with Gasteiger partial charge in [0.2, 0.25) is 0 Å². The zero-order chi connectivity index (χ0) is 17.1. The molecular weight excluding hydrogens is 304 g/mol. The molecule has 2 aromatic rings. The molecule has 0 radical (unpaired) electrons. The van der Waals surface area contributed by atoms with E-state index in [0.717, 1.165) is 36.6 Å². The van der Waals surface area contributed by atoms with E-state index in [2.05, 4.69) is 22.2 Å². The van der Waals surface area contributed by atoms with Gasteiger partial charge in [-0.25, -0.2) is 14.8 Å². The molecule has 0 unspecified atom stereocenters. The molecule has 2 amide bonds. The third-order valence-electron chi connectivity index (χ3n) is 4.47. The molecule has 6 heteroatoms. The van der Waals surface area contributed by atoms with Gasteiger partial charge in [-0.05, 0) is 50.8 Å². The molecule has 0 spiro atoms. The van der Waals surface area contributed by atoms with Crippen LogP contribution in [0, 0.1) is 19.8 Å². The standard InChI is InChI=1S/C18H24N4O2/c1-12-7-9-22(16(10-12)17-5-4-13(2)24-17)18(23)20-11-15-6-8-19-14(3)21-15/h4-6,8,12,16H,7,9-11H2,1-3H3,(H,20,23)/t12-,16-/m1/s1. The molecule has 1 N–H and O–H groups in total. The van der Waals surface area contributed by atoms with Crippen LogP contribution in [-0.2, 0) is 6.54 Å². The summed E-state index contributed by atoms with van der Waals surface area (Å²) < 4.78 is 5.79. The number of aromatic nitrogens is 2. The molecule has 1 fully saturated rings. The Bertz CT molecular complexity index is 713. The first kappa shape index (κ1) is 16.5. The fourth-order valence-electron chi connectivity index (χ4n) is 3.16. The first-order valence-corrected chi connectivity index (χ1v) is 8.42. The van der Waals surface area contributed by atoms with Gasteiger partial charge in [0.1, 0.15) is 17.3 Å². The molecule has 0 bridgehead atoms. The summed E-state index contributed by atoms with van der Waals surface area (Å²) in [5, 5.41) is 2.97. The number of aryl methyl sites for hydroxylation is 2. The number of piperidine rings is 1. The van der Waals surface area contributed by atoms with E-state index in [-0.39, 0.29) is 12.1 Å². The highest BCUT2D eigenvalue weighted by Crippen LogP contribution is 2.34. The number of furan rings is 1. The first-order chi connectivity index (χ1) is 11.5. The molecular formula is C18H24N4O2. The maximum absolute atomic E-state index is 12.7. The van der Waals surface area contributed by atoms with Crippen molar-refractivity contribution >= 4 is 6.03 Å². The number of nitrogens with one attached hydrogen (secondary N) is 1.